The minimum absolute atomic E-state index is 0.00770. The Morgan fingerprint density at radius 2 is 1.77 bits per heavy atom. The summed E-state index contributed by atoms with van der Waals surface area (Å²) < 4.78 is 5.40. The van der Waals surface area contributed by atoms with E-state index in [0.29, 0.717) is 18.8 Å². The third kappa shape index (κ3) is 3.52. The van der Waals surface area contributed by atoms with Gasteiger partial charge in [0.15, 0.2) is 0 Å². The number of rotatable bonds is 5. The molecule has 2 atom stereocenters. The van der Waals surface area contributed by atoms with Crippen molar-refractivity contribution < 1.29 is 19.1 Å². The van der Waals surface area contributed by atoms with Crippen molar-refractivity contribution in [2.75, 3.05) is 27.3 Å². The van der Waals surface area contributed by atoms with Gasteiger partial charge >= 0.3 is 0 Å². The van der Waals surface area contributed by atoms with Crippen LogP contribution in [0.5, 0.6) is 0 Å². The molecular formula is C24H26N2O4. The first-order valence-electron chi connectivity index (χ1n) is 10.2. The summed E-state index contributed by atoms with van der Waals surface area (Å²) in [6, 6.07) is 17.6. The summed E-state index contributed by atoms with van der Waals surface area (Å²) in [5.41, 5.74) is 1.63. The minimum atomic E-state index is -1.16. The number of carbonyl (C=O) groups is 3. The summed E-state index contributed by atoms with van der Waals surface area (Å²) in [7, 11) is 3.24. The Balaban J connectivity index is 1.66. The maximum Gasteiger partial charge on any atom is 0.240 e. The summed E-state index contributed by atoms with van der Waals surface area (Å²) >= 11 is 0. The van der Waals surface area contributed by atoms with Crippen LogP contribution in [0.2, 0.25) is 0 Å². The highest BCUT2D eigenvalue weighted by molar-refractivity contribution is 6.10. The zero-order valence-corrected chi connectivity index (χ0v) is 17.3. The van der Waals surface area contributed by atoms with E-state index in [4.69, 9.17) is 4.74 Å². The SMILES string of the molecule is CN1C(=O)CC(CC(=O)N(C)C2CCOC2)(c2ccc(-c3ccccc3)cc2)C1=O. The van der Waals surface area contributed by atoms with Gasteiger partial charge in [-0.05, 0) is 23.1 Å². The first-order chi connectivity index (χ1) is 14.4. The van der Waals surface area contributed by atoms with Crippen molar-refractivity contribution >= 4 is 17.7 Å². The molecule has 0 saturated carbocycles. The summed E-state index contributed by atoms with van der Waals surface area (Å²) in [5.74, 6) is -0.717. The van der Waals surface area contributed by atoms with Gasteiger partial charge in [-0.1, -0.05) is 54.6 Å². The highest BCUT2D eigenvalue weighted by Crippen LogP contribution is 2.40. The molecule has 156 valence electrons. The smallest absolute Gasteiger partial charge is 0.240 e. The Bertz CT molecular complexity index is 951. The Kier molecular flexibility index (Phi) is 5.43. The summed E-state index contributed by atoms with van der Waals surface area (Å²) in [4.78, 5) is 41.5. The zero-order valence-electron chi connectivity index (χ0n) is 17.3. The van der Waals surface area contributed by atoms with Crippen LogP contribution in [-0.2, 0) is 24.5 Å². The van der Waals surface area contributed by atoms with Gasteiger partial charge < -0.3 is 9.64 Å². The van der Waals surface area contributed by atoms with Crippen molar-refractivity contribution in [3.63, 3.8) is 0 Å². The first kappa shape index (κ1) is 20.3. The van der Waals surface area contributed by atoms with E-state index >= 15 is 0 Å². The van der Waals surface area contributed by atoms with Crippen molar-refractivity contribution in [3.8, 4) is 11.1 Å². The van der Waals surface area contributed by atoms with Gasteiger partial charge in [-0.25, -0.2) is 0 Å². The molecular weight excluding hydrogens is 380 g/mol. The molecule has 0 spiro atoms. The van der Waals surface area contributed by atoms with Gasteiger partial charge in [-0.15, -0.1) is 0 Å². The third-order valence-electron chi connectivity index (χ3n) is 6.39. The van der Waals surface area contributed by atoms with E-state index in [2.05, 4.69) is 0 Å². The van der Waals surface area contributed by atoms with Crippen LogP contribution < -0.4 is 0 Å². The number of hydrogen-bond acceptors (Lipinski definition) is 4. The molecule has 2 saturated heterocycles. The molecule has 2 aliphatic heterocycles. The molecule has 2 fully saturated rings. The van der Waals surface area contributed by atoms with Crippen molar-refractivity contribution in [2.45, 2.75) is 30.7 Å². The number of ether oxygens (including phenoxy) is 1. The van der Waals surface area contributed by atoms with Gasteiger partial charge in [0.05, 0.1) is 18.1 Å². The predicted octanol–water partition coefficient (Wildman–Crippen LogP) is 2.62. The lowest BCUT2D eigenvalue weighted by Crippen LogP contribution is -2.44. The monoisotopic (exact) mass is 406 g/mol. The standard InChI is InChI=1S/C24H26N2O4/c1-25(20-12-13-30-16-20)21(27)14-24(15-22(28)26(2)23(24)29)19-10-8-18(9-11-19)17-6-4-3-5-7-17/h3-11,20H,12-16H2,1-2H3. The Morgan fingerprint density at radius 1 is 1.10 bits per heavy atom. The van der Waals surface area contributed by atoms with Crippen molar-refractivity contribution in [2.24, 2.45) is 0 Å². The average molecular weight is 406 g/mol. The number of imide groups is 1. The fourth-order valence-electron chi connectivity index (χ4n) is 4.38. The van der Waals surface area contributed by atoms with Gasteiger partial charge in [0, 0.05) is 33.5 Å². The number of amides is 3. The minimum Gasteiger partial charge on any atom is -0.379 e. The first-order valence-corrected chi connectivity index (χ1v) is 10.2. The molecule has 2 aliphatic rings. The number of benzene rings is 2. The average Bonchev–Trinajstić information content (AvgIpc) is 3.38. The van der Waals surface area contributed by atoms with Crippen molar-refractivity contribution in [1.82, 2.24) is 9.80 Å². The predicted molar refractivity (Wildman–Crippen MR) is 113 cm³/mol. The van der Waals surface area contributed by atoms with E-state index in [-0.39, 0.29) is 36.6 Å². The molecule has 2 unspecified atom stereocenters. The quantitative estimate of drug-likeness (QED) is 0.716. The Morgan fingerprint density at radius 3 is 2.33 bits per heavy atom. The molecule has 6 nitrogen and oxygen atoms in total. The van der Waals surface area contributed by atoms with Crippen LogP contribution in [0.15, 0.2) is 54.6 Å². The van der Waals surface area contributed by atoms with Crippen LogP contribution in [0.25, 0.3) is 11.1 Å². The van der Waals surface area contributed by atoms with E-state index in [1.165, 1.54) is 7.05 Å². The fraction of sp³-hybridized carbons (Fsp3) is 0.375. The zero-order chi connectivity index (χ0) is 21.3. The topological polar surface area (TPSA) is 66.9 Å². The number of hydrogen-bond donors (Lipinski definition) is 0. The number of likely N-dealkylation sites (tertiary alicyclic amines) is 1. The van der Waals surface area contributed by atoms with Crippen LogP contribution in [0.4, 0.5) is 0 Å². The second-order valence-electron chi connectivity index (χ2n) is 8.16. The molecule has 4 rings (SSSR count). The summed E-state index contributed by atoms with van der Waals surface area (Å²) in [6.45, 7) is 1.14. The molecule has 30 heavy (non-hydrogen) atoms. The molecule has 3 amide bonds. The second-order valence-corrected chi connectivity index (χ2v) is 8.16. The number of carbonyl (C=O) groups excluding carboxylic acids is 3. The van der Waals surface area contributed by atoms with Crippen LogP contribution in [0.3, 0.4) is 0 Å². The molecule has 2 aromatic carbocycles. The highest BCUT2D eigenvalue weighted by atomic mass is 16.5. The van der Waals surface area contributed by atoms with Crippen LogP contribution in [-0.4, -0.2) is 60.9 Å². The lowest BCUT2D eigenvalue weighted by Gasteiger charge is -2.30. The molecule has 2 aromatic rings. The molecule has 2 heterocycles. The van der Waals surface area contributed by atoms with Gasteiger partial charge in [-0.2, -0.15) is 0 Å². The highest BCUT2D eigenvalue weighted by Gasteiger charge is 2.53. The largest absolute Gasteiger partial charge is 0.379 e. The molecule has 0 aromatic heterocycles. The maximum atomic E-state index is 13.2. The van der Waals surface area contributed by atoms with E-state index in [1.54, 1.807) is 11.9 Å². The van der Waals surface area contributed by atoms with Gasteiger partial charge in [0.1, 0.15) is 0 Å². The molecule has 0 radical (unpaired) electrons. The lowest BCUT2D eigenvalue weighted by molar-refractivity contribution is -0.141. The Hall–Kier alpha value is -2.99. The van der Waals surface area contributed by atoms with Gasteiger partial charge in [0.2, 0.25) is 17.7 Å². The Labute approximate surface area is 176 Å². The van der Waals surface area contributed by atoms with Crippen molar-refractivity contribution in [1.29, 1.82) is 0 Å². The molecule has 0 N–H and O–H groups in total. The summed E-state index contributed by atoms with van der Waals surface area (Å²) in [6.07, 6.45) is 0.765. The van der Waals surface area contributed by atoms with Gasteiger partial charge in [-0.3, -0.25) is 19.3 Å². The van der Waals surface area contributed by atoms with Crippen LogP contribution >= 0.6 is 0 Å². The summed E-state index contributed by atoms with van der Waals surface area (Å²) in [5, 5.41) is 0. The van der Waals surface area contributed by atoms with Crippen LogP contribution in [0, 0.1) is 0 Å². The van der Waals surface area contributed by atoms with E-state index in [9.17, 15) is 14.4 Å². The molecule has 6 heteroatoms. The number of likely N-dealkylation sites (N-methyl/N-ethyl adjacent to an activating group) is 2. The van der Waals surface area contributed by atoms with E-state index < -0.39 is 5.41 Å². The van der Waals surface area contributed by atoms with E-state index in [0.717, 1.165) is 22.4 Å². The third-order valence-corrected chi connectivity index (χ3v) is 6.39. The fourth-order valence-corrected chi connectivity index (χ4v) is 4.38. The number of nitrogens with zero attached hydrogens (tertiary/aromatic N) is 2. The van der Waals surface area contributed by atoms with Crippen LogP contribution in [0.1, 0.15) is 24.8 Å². The molecule has 0 bridgehead atoms. The lowest BCUT2D eigenvalue weighted by atomic mass is 9.75. The van der Waals surface area contributed by atoms with Crippen molar-refractivity contribution in [3.05, 3.63) is 60.2 Å². The maximum absolute atomic E-state index is 13.2. The van der Waals surface area contributed by atoms with E-state index in [1.807, 2.05) is 54.6 Å². The molecule has 0 aliphatic carbocycles. The second kappa shape index (κ2) is 8.03. The normalized spacial score (nSPS) is 23.8. The van der Waals surface area contributed by atoms with Gasteiger partial charge in [0.25, 0.3) is 0 Å².